The third kappa shape index (κ3) is 5.54. The van der Waals surface area contributed by atoms with E-state index in [1.165, 1.54) is 6.92 Å². The predicted molar refractivity (Wildman–Crippen MR) is 86.3 cm³/mol. The van der Waals surface area contributed by atoms with E-state index in [2.05, 4.69) is 9.47 Å². The highest BCUT2D eigenvalue weighted by Crippen LogP contribution is 2.59. The van der Waals surface area contributed by atoms with E-state index in [1.807, 2.05) is 0 Å². The number of hydrogen-bond donors (Lipinski definition) is 0. The van der Waals surface area contributed by atoms with Crippen molar-refractivity contribution in [3.05, 3.63) is 37.9 Å². The minimum Gasteiger partial charge on any atom is -0.432 e. The van der Waals surface area contributed by atoms with Gasteiger partial charge < -0.3 is 9.47 Å². The van der Waals surface area contributed by atoms with Crippen molar-refractivity contribution in [2.24, 2.45) is 5.41 Å². The maximum Gasteiger partial charge on any atom is 0.514 e. The quantitative estimate of drug-likeness (QED) is 0.155. The number of nitro groups is 2. The van der Waals surface area contributed by atoms with E-state index in [-0.39, 0.29) is 18.9 Å². The first-order chi connectivity index (χ1) is 14.8. The zero-order chi connectivity index (χ0) is 26.0. The fraction of sp³-hybridized carbons (Fsp3) is 0.533. The lowest BCUT2D eigenvalue weighted by atomic mass is 9.86. The number of non-ortho nitro benzene ring substituents is 1. The average Bonchev–Trinajstić information content (AvgIpc) is 2.59. The Hall–Kier alpha value is -3.34. The summed E-state index contributed by atoms with van der Waals surface area (Å²) in [4.78, 5) is 31.3. The molecule has 0 saturated carbocycles. The van der Waals surface area contributed by atoms with E-state index in [1.54, 1.807) is 0 Å². The zero-order valence-electron chi connectivity index (χ0n) is 15.9. The Labute approximate surface area is 176 Å². The Kier molecular flexibility index (Phi) is 7.77. The van der Waals surface area contributed by atoms with Crippen LogP contribution >= 0.6 is 0 Å². The molecule has 1 rings (SSSR count). The van der Waals surface area contributed by atoms with Crippen LogP contribution in [0.1, 0.15) is 18.9 Å². The molecule has 0 amide bonds. The Morgan fingerprint density at radius 2 is 1.39 bits per heavy atom. The predicted octanol–water partition coefficient (Wildman–Crippen LogP) is 5.64. The molecule has 186 valence electrons. The van der Waals surface area contributed by atoms with Gasteiger partial charge in [0, 0.05) is 11.6 Å². The molecule has 0 aromatic heterocycles. The molecule has 0 saturated heterocycles. The van der Waals surface area contributed by atoms with Crippen molar-refractivity contribution in [3.63, 3.8) is 0 Å². The fourth-order valence-electron chi connectivity index (χ4n) is 2.48. The Bertz CT molecular complexity index is 890. The minimum atomic E-state index is -7.02. The van der Waals surface area contributed by atoms with Gasteiger partial charge in [-0.1, -0.05) is 13.3 Å². The minimum absolute atomic E-state index is 0.100. The van der Waals surface area contributed by atoms with Crippen molar-refractivity contribution in [2.45, 2.75) is 38.3 Å². The number of carbonyl (C=O) groups excluding carboxylic acids is 1. The summed E-state index contributed by atoms with van der Waals surface area (Å²) >= 11 is 0. The maximum atomic E-state index is 12.9. The highest BCUT2D eigenvalue weighted by atomic mass is 19.4. The first kappa shape index (κ1) is 27.7. The van der Waals surface area contributed by atoms with Gasteiger partial charge in [0.15, 0.2) is 0 Å². The molecule has 1 aromatic carbocycles. The Morgan fingerprint density at radius 3 is 1.76 bits per heavy atom. The summed E-state index contributed by atoms with van der Waals surface area (Å²) < 4.78 is 124. The largest absolute Gasteiger partial charge is 0.514 e. The molecule has 0 heterocycles. The van der Waals surface area contributed by atoms with Gasteiger partial charge in [-0.25, -0.2) is 4.79 Å². The topological polar surface area (TPSA) is 122 Å². The van der Waals surface area contributed by atoms with Crippen molar-refractivity contribution in [2.75, 3.05) is 6.61 Å². The van der Waals surface area contributed by atoms with Crippen LogP contribution in [0.3, 0.4) is 0 Å². The number of alkyl halides is 9. The van der Waals surface area contributed by atoms with Gasteiger partial charge in [-0.15, -0.1) is 0 Å². The highest BCUT2D eigenvalue weighted by Gasteiger charge is 2.84. The second-order valence-electron chi connectivity index (χ2n) is 6.26. The highest BCUT2D eigenvalue weighted by molar-refractivity contribution is 5.69. The standard InChI is InChI=1S/C15H11F9N2O7/c1-2-3-7-4-8(25(28)29)5-9(26(30)31)10(7)33-11(27)32-6-12(13(16,17)18,14(19,20)21)15(22,23)24/h4-5H,2-3,6H2,1H3. The molecule has 0 spiro atoms. The van der Waals surface area contributed by atoms with E-state index in [0.717, 1.165) is 0 Å². The van der Waals surface area contributed by atoms with E-state index in [0.29, 0.717) is 6.07 Å². The summed E-state index contributed by atoms with van der Waals surface area (Å²) in [5, 5.41) is 22.0. The Balaban J connectivity index is 3.42. The van der Waals surface area contributed by atoms with Gasteiger partial charge in [0.1, 0.15) is 6.61 Å². The Morgan fingerprint density at radius 1 is 0.909 bits per heavy atom. The van der Waals surface area contributed by atoms with Crippen molar-refractivity contribution in [1.29, 1.82) is 0 Å². The smallest absolute Gasteiger partial charge is 0.432 e. The van der Waals surface area contributed by atoms with Crippen molar-refractivity contribution in [1.82, 2.24) is 0 Å². The second kappa shape index (κ2) is 9.26. The van der Waals surface area contributed by atoms with Gasteiger partial charge in [-0.2, -0.15) is 39.5 Å². The third-order valence-corrected chi connectivity index (χ3v) is 4.10. The first-order valence-corrected chi connectivity index (χ1v) is 8.30. The first-order valence-electron chi connectivity index (χ1n) is 8.30. The monoisotopic (exact) mass is 502 g/mol. The SMILES string of the molecule is CCCc1cc([N+](=O)[O-])cc([N+](=O)[O-])c1OC(=O)OCC(C(F)(F)F)(C(F)(F)F)C(F)(F)F. The molecule has 0 bridgehead atoms. The molecule has 0 unspecified atom stereocenters. The molecule has 0 aliphatic heterocycles. The molecule has 1 aromatic rings. The molecule has 0 atom stereocenters. The van der Waals surface area contributed by atoms with Gasteiger partial charge >= 0.3 is 30.4 Å². The van der Waals surface area contributed by atoms with Crippen LogP contribution in [0, 0.1) is 25.6 Å². The summed E-state index contributed by atoms with van der Waals surface area (Å²) in [7, 11) is 0. The number of benzene rings is 1. The molecule has 33 heavy (non-hydrogen) atoms. The molecule has 9 nitrogen and oxygen atoms in total. The zero-order valence-corrected chi connectivity index (χ0v) is 15.9. The number of ether oxygens (including phenoxy) is 2. The van der Waals surface area contributed by atoms with Gasteiger partial charge in [0.25, 0.3) is 11.1 Å². The molecular weight excluding hydrogens is 491 g/mol. The van der Waals surface area contributed by atoms with Crippen molar-refractivity contribution < 1.29 is 63.6 Å². The molecule has 18 heteroatoms. The summed E-state index contributed by atoms with van der Waals surface area (Å²) in [6.07, 6.45) is -23.8. The molecule has 0 aliphatic carbocycles. The molecule has 0 fully saturated rings. The van der Waals surface area contributed by atoms with Crippen LogP contribution in [0.2, 0.25) is 0 Å². The number of nitro benzene ring substituents is 2. The summed E-state index contributed by atoms with van der Waals surface area (Å²) in [6.45, 7) is -1.90. The van der Waals surface area contributed by atoms with Crippen LogP contribution in [-0.2, 0) is 11.2 Å². The average molecular weight is 502 g/mol. The lowest BCUT2D eigenvalue weighted by molar-refractivity contribution is -0.432. The third-order valence-electron chi connectivity index (χ3n) is 4.10. The number of rotatable bonds is 7. The lowest BCUT2D eigenvalue weighted by Gasteiger charge is -2.37. The summed E-state index contributed by atoms with van der Waals surface area (Å²) in [5.41, 5.74) is -9.13. The second-order valence-corrected chi connectivity index (χ2v) is 6.26. The van der Waals surface area contributed by atoms with E-state index in [4.69, 9.17) is 0 Å². The number of carbonyl (C=O) groups is 1. The van der Waals surface area contributed by atoms with Gasteiger partial charge in [0.2, 0.25) is 5.75 Å². The molecule has 0 aliphatic rings. The summed E-state index contributed by atoms with van der Waals surface area (Å²) in [5.74, 6) is -1.16. The van der Waals surface area contributed by atoms with Gasteiger partial charge in [0.05, 0.1) is 15.9 Å². The molecular formula is C15H11F9N2O7. The van der Waals surface area contributed by atoms with Gasteiger partial charge in [-0.05, 0) is 6.42 Å². The van der Waals surface area contributed by atoms with Crippen LogP contribution in [-0.4, -0.2) is 41.1 Å². The summed E-state index contributed by atoms with van der Waals surface area (Å²) in [6, 6.07) is 0.914. The van der Waals surface area contributed by atoms with Crippen LogP contribution in [0.5, 0.6) is 5.75 Å². The van der Waals surface area contributed by atoms with Gasteiger partial charge in [-0.3, -0.25) is 20.2 Å². The number of hydrogen-bond acceptors (Lipinski definition) is 7. The van der Waals surface area contributed by atoms with E-state index >= 15 is 0 Å². The van der Waals surface area contributed by atoms with Crippen LogP contribution < -0.4 is 4.74 Å². The van der Waals surface area contributed by atoms with Crippen molar-refractivity contribution in [3.8, 4) is 5.75 Å². The van der Waals surface area contributed by atoms with E-state index < -0.39 is 69.2 Å². The number of aryl methyl sites for hydroxylation is 1. The van der Waals surface area contributed by atoms with Crippen molar-refractivity contribution >= 4 is 17.5 Å². The fourth-order valence-corrected chi connectivity index (χ4v) is 2.48. The molecule has 0 radical (unpaired) electrons. The lowest BCUT2D eigenvalue weighted by Crippen LogP contribution is -2.62. The van der Waals surface area contributed by atoms with Crippen LogP contribution in [0.25, 0.3) is 0 Å². The molecule has 0 N–H and O–H groups in total. The normalized spacial score (nSPS) is 12.9. The number of halogens is 9. The van der Waals surface area contributed by atoms with Crippen LogP contribution in [0.15, 0.2) is 12.1 Å². The van der Waals surface area contributed by atoms with E-state index in [9.17, 15) is 64.5 Å². The number of nitrogens with zero attached hydrogens (tertiary/aromatic N) is 2. The maximum absolute atomic E-state index is 12.9. The van der Waals surface area contributed by atoms with Crippen LogP contribution in [0.4, 0.5) is 55.7 Å².